The van der Waals surface area contributed by atoms with E-state index < -0.39 is 0 Å². The predicted molar refractivity (Wildman–Crippen MR) is 45.2 cm³/mol. The SMILES string of the molecule is Cc1cn(C)cc1C(=O)CCl. The smallest absolute Gasteiger partial charge is 0.179 e. The molecule has 0 aliphatic heterocycles. The molecule has 2 nitrogen and oxygen atoms in total. The van der Waals surface area contributed by atoms with E-state index in [0.29, 0.717) is 0 Å². The molecular formula is C8H10ClNO. The maximum Gasteiger partial charge on any atom is 0.179 e. The third kappa shape index (κ3) is 1.63. The Labute approximate surface area is 70.8 Å². The van der Waals surface area contributed by atoms with Crippen molar-refractivity contribution in [2.45, 2.75) is 6.92 Å². The van der Waals surface area contributed by atoms with Gasteiger partial charge >= 0.3 is 0 Å². The van der Waals surface area contributed by atoms with E-state index in [1.54, 1.807) is 6.20 Å². The van der Waals surface area contributed by atoms with Crippen molar-refractivity contribution in [2.24, 2.45) is 7.05 Å². The zero-order valence-electron chi connectivity index (χ0n) is 6.60. The summed E-state index contributed by atoms with van der Waals surface area (Å²) in [6, 6.07) is 0. The standard InChI is InChI=1S/C8H10ClNO/c1-6-4-10(2)5-7(6)8(11)3-9/h4-5H,3H2,1-2H3. The molecule has 0 unspecified atom stereocenters. The molecule has 11 heavy (non-hydrogen) atoms. The van der Waals surface area contributed by atoms with Crippen LogP contribution in [0.2, 0.25) is 0 Å². The summed E-state index contributed by atoms with van der Waals surface area (Å²) in [5.41, 5.74) is 1.71. The van der Waals surface area contributed by atoms with Crippen LogP contribution in [0.4, 0.5) is 0 Å². The van der Waals surface area contributed by atoms with Crippen molar-refractivity contribution < 1.29 is 4.79 Å². The first-order valence-electron chi connectivity index (χ1n) is 3.37. The molecule has 1 heterocycles. The molecule has 0 radical (unpaired) electrons. The van der Waals surface area contributed by atoms with Gasteiger partial charge in [-0.05, 0) is 12.5 Å². The number of aromatic nitrogens is 1. The number of rotatable bonds is 2. The van der Waals surface area contributed by atoms with Crippen molar-refractivity contribution in [1.29, 1.82) is 0 Å². The Balaban J connectivity index is 3.03. The average Bonchev–Trinajstić information content (AvgIpc) is 2.28. The van der Waals surface area contributed by atoms with Gasteiger partial charge in [-0.1, -0.05) is 0 Å². The molecule has 0 bridgehead atoms. The van der Waals surface area contributed by atoms with Crippen LogP contribution in [0, 0.1) is 6.92 Å². The van der Waals surface area contributed by atoms with Gasteiger partial charge in [0, 0.05) is 25.0 Å². The van der Waals surface area contributed by atoms with Gasteiger partial charge in [-0.15, -0.1) is 11.6 Å². The summed E-state index contributed by atoms with van der Waals surface area (Å²) in [5.74, 6) is 0.0509. The summed E-state index contributed by atoms with van der Waals surface area (Å²) in [6.45, 7) is 1.90. The normalized spacial score (nSPS) is 10.1. The number of Topliss-reactive ketones (excluding diaryl/α,β-unsaturated/α-hetero) is 1. The monoisotopic (exact) mass is 171 g/mol. The molecule has 0 spiro atoms. The van der Waals surface area contributed by atoms with Crippen LogP contribution in [0.15, 0.2) is 12.4 Å². The Morgan fingerprint density at radius 2 is 2.27 bits per heavy atom. The molecule has 0 aliphatic rings. The van der Waals surface area contributed by atoms with E-state index in [-0.39, 0.29) is 11.7 Å². The van der Waals surface area contributed by atoms with Crippen LogP contribution in [-0.4, -0.2) is 16.2 Å². The summed E-state index contributed by atoms with van der Waals surface area (Å²) in [7, 11) is 1.89. The molecule has 0 amide bonds. The Morgan fingerprint density at radius 1 is 1.64 bits per heavy atom. The summed E-state index contributed by atoms with van der Waals surface area (Å²) < 4.78 is 1.86. The largest absolute Gasteiger partial charge is 0.356 e. The third-order valence-corrected chi connectivity index (χ3v) is 1.82. The van der Waals surface area contributed by atoms with Gasteiger partial charge < -0.3 is 4.57 Å². The van der Waals surface area contributed by atoms with Crippen molar-refractivity contribution in [3.05, 3.63) is 23.5 Å². The van der Waals surface area contributed by atoms with Crippen LogP contribution in [0.5, 0.6) is 0 Å². The Morgan fingerprint density at radius 3 is 2.64 bits per heavy atom. The highest BCUT2D eigenvalue weighted by atomic mass is 35.5. The van der Waals surface area contributed by atoms with Crippen LogP contribution < -0.4 is 0 Å². The summed E-state index contributed by atoms with van der Waals surface area (Å²) >= 11 is 5.41. The van der Waals surface area contributed by atoms with Crippen LogP contribution in [0.3, 0.4) is 0 Å². The second-order valence-electron chi connectivity index (χ2n) is 2.58. The van der Waals surface area contributed by atoms with E-state index in [1.165, 1.54) is 0 Å². The fourth-order valence-electron chi connectivity index (χ4n) is 1.08. The fraction of sp³-hybridized carbons (Fsp3) is 0.375. The van der Waals surface area contributed by atoms with E-state index >= 15 is 0 Å². The first-order chi connectivity index (χ1) is 5.15. The molecule has 0 saturated heterocycles. The van der Waals surface area contributed by atoms with Gasteiger partial charge in [-0.2, -0.15) is 0 Å². The lowest BCUT2D eigenvalue weighted by Crippen LogP contribution is -1.99. The van der Waals surface area contributed by atoms with Gasteiger partial charge in [0.2, 0.25) is 0 Å². The highest BCUT2D eigenvalue weighted by Gasteiger charge is 2.08. The Hall–Kier alpha value is -0.760. The number of aryl methyl sites for hydroxylation is 2. The molecular weight excluding hydrogens is 162 g/mol. The summed E-state index contributed by atoms with van der Waals surface area (Å²) in [6.07, 6.45) is 3.69. The topological polar surface area (TPSA) is 22.0 Å². The number of ketones is 1. The molecule has 0 atom stereocenters. The lowest BCUT2D eigenvalue weighted by molar-refractivity contribution is 0.102. The first kappa shape index (κ1) is 8.34. The zero-order chi connectivity index (χ0) is 8.43. The molecule has 1 aromatic heterocycles. The van der Waals surface area contributed by atoms with E-state index in [1.807, 2.05) is 24.7 Å². The van der Waals surface area contributed by atoms with E-state index in [9.17, 15) is 4.79 Å². The number of carbonyl (C=O) groups excluding carboxylic acids is 1. The van der Waals surface area contributed by atoms with Gasteiger partial charge in [-0.3, -0.25) is 4.79 Å². The molecule has 3 heteroatoms. The number of hydrogen-bond acceptors (Lipinski definition) is 1. The number of halogens is 1. The van der Waals surface area contributed by atoms with Gasteiger partial charge in [0.1, 0.15) is 0 Å². The van der Waals surface area contributed by atoms with Gasteiger partial charge in [0.05, 0.1) is 5.88 Å². The molecule has 0 aromatic carbocycles. The van der Waals surface area contributed by atoms with Crippen molar-refractivity contribution in [3.63, 3.8) is 0 Å². The summed E-state index contributed by atoms with van der Waals surface area (Å²) in [5, 5.41) is 0. The van der Waals surface area contributed by atoms with Crippen molar-refractivity contribution >= 4 is 17.4 Å². The zero-order valence-corrected chi connectivity index (χ0v) is 7.35. The first-order valence-corrected chi connectivity index (χ1v) is 3.90. The van der Waals surface area contributed by atoms with E-state index in [0.717, 1.165) is 11.1 Å². The van der Waals surface area contributed by atoms with Crippen LogP contribution in [0.1, 0.15) is 15.9 Å². The minimum atomic E-state index is -0.00948. The maximum absolute atomic E-state index is 11.1. The van der Waals surface area contributed by atoms with Crippen molar-refractivity contribution in [2.75, 3.05) is 5.88 Å². The van der Waals surface area contributed by atoms with Crippen molar-refractivity contribution in [3.8, 4) is 0 Å². The van der Waals surface area contributed by atoms with Gasteiger partial charge in [-0.25, -0.2) is 0 Å². The van der Waals surface area contributed by atoms with Crippen molar-refractivity contribution in [1.82, 2.24) is 4.57 Å². The third-order valence-electron chi connectivity index (χ3n) is 1.58. The molecule has 0 aliphatic carbocycles. The van der Waals surface area contributed by atoms with Crippen LogP contribution >= 0.6 is 11.6 Å². The molecule has 0 saturated carbocycles. The minimum absolute atomic E-state index is 0.00948. The lowest BCUT2D eigenvalue weighted by Gasteiger charge is -1.91. The highest BCUT2D eigenvalue weighted by Crippen LogP contribution is 2.09. The molecule has 0 N–H and O–H groups in total. The number of hydrogen-bond donors (Lipinski definition) is 0. The fourth-order valence-corrected chi connectivity index (χ4v) is 1.23. The van der Waals surface area contributed by atoms with Gasteiger partial charge in [0.15, 0.2) is 5.78 Å². The van der Waals surface area contributed by atoms with Crippen LogP contribution in [-0.2, 0) is 7.05 Å². The Bertz CT molecular complexity index is 278. The molecule has 1 rings (SSSR count). The number of carbonyl (C=O) groups is 1. The Kier molecular flexibility index (Phi) is 2.35. The molecule has 0 fully saturated rings. The second-order valence-corrected chi connectivity index (χ2v) is 2.84. The predicted octanol–water partition coefficient (Wildman–Crippen LogP) is 1.76. The quantitative estimate of drug-likeness (QED) is 0.491. The van der Waals surface area contributed by atoms with Gasteiger partial charge in [0.25, 0.3) is 0 Å². The van der Waals surface area contributed by atoms with E-state index in [2.05, 4.69) is 0 Å². The summed E-state index contributed by atoms with van der Waals surface area (Å²) in [4.78, 5) is 11.1. The molecule has 60 valence electrons. The van der Waals surface area contributed by atoms with Crippen LogP contribution in [0.25, 0.3) is 0 Å². The maximum atomic E-state index is 11.1. The molecule has 1 aromatic rings. The lowest BCUT2D eigenvalue weighted by atomic mass is 10.1. The second kappa shape index (κ2) is 3.09. The minimum Gasteiger partial charge on any atom is -0.356 e. The highest BCUT2D eigenvalue weighted by molar-refractivity contribution is 6.30. The number of nitrogens with zero attached hydrogens (tertiary/aromatic N) is 1. The average molecular weight is 172 g/mol. The van der Waals surface area contributed by atoms with E-state index in [4.69, 9.17) is 11.6 Å². The number of alkyl halides is 1.